The summed E-state index contributed by atoms with van der Waals surface area (Å²) in [6, 6.07) is 1.84. The number of aromatic amines is 2. The molecule has 2 aromatic rings. The third-order valence-corrected chi connectivity index (χ3v) is 5.30. The number of anilines is 2. The average molecular weight is 491 g/mol. The van der Waals surface area contributed by atoms with Crippen LogP contribution in [0.15, 0.2) is 21.7 Å². The fraction of sp³-hybridized carbons (Fsp3) is 0.545. The van der Waals surface area contributed by atoms with Crippen LogP contribution in [0.1, 0.15) is 37.6 Å². The summed E-state index contributed by atoms with van der Waals surface area (Å²) in [5.74, 6) is 0.223. The molecule has 2 aromatic heterocycles. The van der Waals surface area contributed by atoms with Gasteiger partial charge in [-0.3, -0.25) is 20.2 Å². The normalized spacial score (nSPS) is 11.1. The van der Waals surface area contributed by atoms with E-state index in [1.807, 2.05) is 0 Å². The van der Waals surface area contributed by atoms with Gasteiger partial charge in [0.05, 0.1) is 26.7 Å². The molecule has 0 aromatic carbocycles. The van der Waals surface area contributed by atoms with Crippen molar-refractivity contribution in [1.82, 2.24) is 30.6 Å². The molecule has 13 heteroatoms. The van der Waals surface area contributed by atoms with E-state index in [4.69, 9.17) is 0 Å². The van der Waals surface area contributed by atoms with Gasteiger partial charge in [0.2, 0.25) is 11.9 Å². The fourth-order valence-electron chi connectivity index (χ4n) is 3.78. The van der Waals surface area contributed by atoms with Crippen molar-refractivity contribution in [3.05, 3.63) is 44.2 Å². The largest absolute Gasteiger partial charge is 0.338 e. The zero-order chi connectivity index (χ0) is 25.8. The van der Waals surface area contributed by atoms with Crippen molar-refractivity contribution in [3.63, 3.8) is 0 Å². The molecule has 2 rings (SSSR count). The minimum absolute atomic E-state index is 0.111. The Morgan fingerprint density at radius 3 is 1.63 bits per heavy atom. The highest BCUT2D eigenvalue weighted by molar-refractivity contribution is 5.87. The number of nitrogens with zero attached hydrogens (tertiary/aromatic N) is 3. The minimum Gasteiger partial charge on any atom is -0.338 e. The molecule has 2 heterocycles. The van der Waals surface area contributed by atoms with Crippen molar-refractivity contribution in [1.29, 1.82) is 0 Å². The van der Waals surface area contributed by atoms with Crippen LogP contribution in [0, 0.1) is 13.8 Å². The lowest BCUT2D eigenvalue weighted by atomic mass is 10.2. The Labute approximate surface area is 203 Å². The first-order valence-corrected chi connectivity index (χ1v) is 11.7. The highest BCUT2D eigenvalue weighted by atomic mass is 16.2. The lowest BCUT2D eigenvalue weighted by Gasteiger charge is -2.34. The summed E-state index contributed by atoms with van der Waals surface area (Å²) in [7, 11) is 2.16. The van der Waals surface area contributed by atoms with Gasteiger partial charge in [0.25, 0.3) is 11.1 Å². The monoisotopic (exact) mass is 490 g/mol. The van der Waals surface area contributed by atoms with Crippen molar-refractivity contribution in [3.8, 4) is 0 Å². The van der Waals surface area contributed by atoms with E-state index < -0.39 is 23.2 Å². The number of H-pyrrole nitrogens is 2. The summed E-state index contributed by atoms with van der Waals surface area (Å²) >= 11 is 0. The molecule has 0 atom stereocenters. The highest BCUT2D eigenvalue weighted by Gasteiger charge is 2.20. The molecule has 6 N–H and O–H groups in total. The number of urea groups is 2. The molecule has 0 aliphatic carbocycles. The average Bonchev–Trinajstić information content (AvgIpc) is 2.73. The van der Waals surface area contributed by atoms with E-state index in [2.05, 4.69) is 55.2 Å². The van der Waals surface area contributed by atoms with Crippen LogP contribution in [0.4, 0.5) is 21.5 Å². The van der Waals surface area contributed by atoms with Gasteiger partial charge in [-0.05, 0) is 20.3 Å². The van der Waals surface area contributed by atoms with Gasteiger partial charge in [-0.15, -0.1) is 0 Å². The number of rotatable bonds is 12. The van der Waals surface area contributed by atoms with Gasteiger partial charge in [0, 0.05) is 49.5 Å². The molecule has 0 bridgehead atoms. The van der Waals surface area contributed by atoms with E-state index in [0.29, 0.717) is 24.5 Å². The first-order chi connectivity index (χ1) is 16.6. The number of amides is 4. The van der Waals surface area contributed by atoms with Gasteiger partial charge >= 0.3 is 12.1 Å². The number of quaternary nitrogens is 1. The van der Waals surface area contributed by atoms with Crippen molar-refractivity contribution >= 4 is 24.0 Å². The molecule has 35 heavy (non-hydrogen) atoms. The summed E-state index contributed by atoms with van der Waals surface area (Å²) in [5, 5.41) is 10.6. The van der Waals surface area contributed by atoms with E-state index in [9.17, 15) is 19.2 Å². The zero-order valence-corrected chi connectivity index (χ0v) is 20.8. The second-order valence-corrected chi connectivity index (χ2v) is 8.76. The Morgan fingerprint density at radius 1 is 0.829 bits per heavy atom. The summed E-state index contributed by atoms with van der Waals surface area (Å²) in [6.45, 7) is 9.18. The van der Waals surface area contributed by atoms with Crippen molar-refractivity contribution < 1.29 is 14.1 Å². The molecule has 0 saturated heterocycles. The van der Waals surface area contributed by atoms with Crippen LogP contribution < -0.4 is 32.4 Å². The molecular weight excluding hydrogens is 454 g/mol. The van der Waals surface area contributed by atoms with Crippen LogP contribution in [0.3, 0.4) is 0 Å². The fourth-order valence-corrected chi connectivity index (χ4v) is 3.78. The van der Waals surface area contributed by atoms with E-state index in [-0.39, 0.29) is 11.9 Å². The van der Waals surface area contributed by atoms with Crippen LogP contribution in [0.25, 0.3) is 0 Å². The Balaban J connectivity index is 1.70. The maximum Gasteiger partial charge on any atom is 0.321 e. The number of aromatic nitrogens is 4. The third-order valence-electron chi connectivity index (χ3n) is 5.30. The number of nitrogens with one attached hydrogen (secondary N) is 6. The van der Waals surface area contributed by atoms with Crippen LogP contribution in [-0.2, 0) is 0 Å². The molecule has 0 radical (unpaired) electrons. The molecule has 0 spiro atoms. The predicted molar refractivity (Wildman–Crippen MR) is 134 cm³/mol. The molecule has 4 amide bonds. The zero-order valence-electron chi connectivity index (χ0n) is 20.8. The number of carbonyl (C=O) groups excluding carboxylic acids is 2. The molecule has 192 valence electrons. The molecule has 13 nitrogen and oxygen atoms in total. The molecule has 0 unspecified atom stereocenters. The summed E-state index contributed by atoms with van der Waals surface area (Å²) < 4.78 is 0.808. The Morgan fingerprint density at radius 2 is 1.26 bits per heavy atom. The van der Waals surface area contributed by atoms with Gasteiger partial charge in [0.15, 0.2) is 0 Å². The number of carbonyl (C=O) groups is 2. The van der Waals surface area contributed by atoms with E-state index >= 15 is 0 Å². The summed E-state index contributed by atoms with van der Waals surface area (Å²) in [5.41, 5.74) is 0.388. The Kier molecular flexibility index (Phi) is 10.4. The molecule has 0 aliphatic heterocycles. The SMILES string of the molecule is CCC[N+](C)(CCCNC(=O)Nc1nc(=O)cc(C)[nH]1)CCCNC(=O)Nc1nc(=O)cc(C)[nH]1. The number of hydrogen-bond acceptors (Lipinski definition) is 6. The van der Waals surface area contributed by atoms with Crippen molar-refractivity contribution in [2.75, 3.05) is 50.4 Å². The van der Waals surface area contributed by atoms with Crippen LogP contribution in [0.5, 0.6) is 0 Å². The van der Waals surface area contributed by atoms with Gasteiger partial charge in [-0.2, -0.15) is 9.97 Å². The maximum atomic E-state index is 12.1. The first-order valence-electron chi connectivity index (χ1n) is 11.7. The second kappa shape index (κ2) is 13.2. The standard InChI is InChI=1S/C22H35N9O4/c1-5-10-31(4,11-6-8-23-21(34)29-19-25-15(2)13-17(32)27-19)12-7-9-24-22(35)30-20-26-16(3)14-18(33)28-20/h13-14H,5-12H2,1-4H3,(H5-,23,24,25,26,27,28,29,30,32,33,34,35)/p+1. The quantitative estimate of drug-likeness (QED) is 0.191. The third kappa shape index (κ3) is 10.4. The topological polar surface area (TPSA) is 174 Å². The minimum atomic E-state index is -0.428. The number of hydrogen-bond donors (Lipinski definition) is 6. The Hall–Kier alpha value is -3.74. The summed E-state index contributed by atoms with van der Waals surface area (Å²) in [6.07, 6.45) is 2.54. The van der Waals surface area contributed by atoms with Gasteiger partial charge in [-0.1, -0.05) is 6.92 Å². The van der Waals surface area contributed by atoms with Crippen LogP contribution in [0.2, 0.25) is 0 Å². The maximum absolute atomic E-state index is 12.1. The molecule has 0 saturated carbocycles. The van der Waals surface area contributed by atoms with Crippen LogP contribution in [-0.4, -0.2) is 76.3 Å². The van der Waals surface area contributed by atoms with E-state index in [1.54, 1.807) is 13.8 Å². The number of aryl methyl sites for hydroxylation is 2. The molecule has 0 fully saturated rings. The second-order valence-electron chi connectivity index (χ2n) is 8.76. The summed E-state index contributed by atoms with van der Waals surface area (Å²) in [4.78, 5) is 60.1. The smallest absolute Gasteiger partial charge is 0.321 e. The lowest BCUT2D eigenvalue weighted by Crippen LogP contribution is -2.48. The van der Waals surface area contributed by atoms with Crippen LogP contribution >= 0.6 is 0 Å². The van der Waals surface area contributed by atoms with Crippen molar-refractivity contribution in [2.24, 2.45) is 0 Å². The van der Waals surface area contributed by atoms with Crippen molar-refractivity contribution in [2.45, 2.75) is 40.0 Å². The van der Waals surface area contributed by atoms with Gasteiger partial charge in [0.1, 0.15) is 0 Å². The predicted octanol–water partition coefficient (Wildman–Crippen LogP) is 1.05. The van der Waals surface area contributed by atoms with Gasteiger partial charge < -0.3 is 25.1 Å². The molecular formula is C22H36N9O4+. The van der Waals surface area contributed by atoms with Gasteiger partial charge in [-0.25, -0.2) is 9.59 Å². The molecule has 0 aliphatic rings. The highest BCUT2D eigenvalue weighted by Crippen LogP contribution is 2.07. The Bertz CT molecular complexity index is 1030. The lowest BCUT2D eigenvalue weighted by molar-refractivity contribution is -0.909. The van der Waals surface area contributed by atoms with E-state index in [0.717, 1.165) is 43.4 Å². The van der Waals surface area contributed by atoms with E-state index in [1.165, 1.54) is 12.1 Å². The first kappa shape index (κ1) is 27.5.